The lowest BCUT2D eigenvalue weighted by molar-refractivity contribution is -0.118. The first-order chi connectivity index (χ1) is 11.7. The highest BCUT2D eigenvalue weighted by Gasteiger charge is 2.30. The molecule has 0 atom stereocenters. The molecule has 134 valence electrons. The van der Waals surface area contributed by atoms with E-state index >= 15 is 0 Å². The number of hydrogen-bond acceptors (Lipinski definition) is 3. The molecule has 0 heterocycles. The minimum absolute atomic E-state index is 0.00323. The van der Waals surface area contributed by atoms with Gasteiger partial charge in [0, 0.05) is 24.0 Å². The van der Waals surface area contributed by atoms with Crippen molar-refractivity contribution in [2.24, 2.45) is 5.73 Å². The second-order valence-corrected chi connectivity index (χ2v) is 8.84. The molecule has 1 amide bonds. The Balaban J connectivity index is 2.46. The summed E-state index contributed by atoms with van der Waals surface area (Å²) in [4.78, 5) is 10.9. The van der Waals surface area contributed by atoms with Crippen molar-refractivity contribution in [3.05, 3.63) is 62.5 Å². The summed E-state index contributed by atoms with van der Waals surface area (Å²) in [5, 5.41) is -0.00646. The molecule has 0 fully saturated rings. The average Bonchev–Trinajstić information content (AvgIpc) is 2.50. The van der Waals surface area contributed by atoms with Crippen molar-refractivity contribution in [2.45, 2.75) is 17.9 Å². The number of nitrogens with zero attached hydrogens (tertiary/aromatic N) is 1. The average molecular weight is 466 g/mol. The number of sulfonamides is 1. The van der Waals surface area contributed by atoms with E-state index < -0.39 is 15.9 Å². The van der Waals surface area contributed by atoms with Gasteiger partial charge in [-0.05, 0) is 17.7 Å². The van der Waals surface area contributed by atoms with E-state index in [4.69, 9.17) is 28.9 Å². The van der Waals surface area contributed by atoms with Crippen LogP contribution in [-0.2, 0) is 21.4 Å². The monoisotopic (exact) mass is 464 g/mol. The third-order valence-corrected chi connectivity index (χ3v) is 6.60. The molecule has 0 aromatic heterocycles. The van der Waals surface area contributed by atoms with E-state index in [9.17, 15) is 13.2 Å². The van der Waals surface area contributed by atoms with E-state index in [1.807, 2.05) is 6.07 Å². The number of halogens is 3. The minimum atomic E-state index is -4.03. The number of rotatable bonds is 7. The van der Waals surface area contributed by atoms with E-state index in [-0.39, 0.29) is 34.5 Å². The van der Waals surface area contributed by atoms with Crippen LogP contribution in [0.4, 0.5) is 0 Å². The van der Waals surface area contributed by atoms with Crippen LogP contribution in [0.25, 0.3) is 0 Å². The Bertz CT molecular complexity index is 853. The number of carbonyl (C=O) groups excluding carboxylic acids is 1. The highest BCUT2D eigenvalue weighted by molar-refractivity contribution is 9.10. The van der Waals surface area contributed by atoms with Crippen LogP contribution in [0.1, 0.15) is 12.0 Å². The van der Waals surface area contributed by atoms with Gasteiger partial charge in [-0.15, -0.1) is 0 Å². The van der Waals surface area contributed by atoms with Crippen LogP contribution >= 0.6 is 39.1 Å². The summed E-state index contributed by atoms with van der Waals surface area (Å²) in [5.41, 5.74) is 5.94. The summed E-state index contributed by atoms with van der Waals surface area (Å²) in [6, 6.07) is 11.9. The van der Waals surface area contributed by atoms with Gasteiger partial charge in [0.15, 0.2) is 0 Å². The number of amides is 1. The van der Waals surface area contributed by atoms with Crippen LogP contribution in [-0.4, -0.2) is 25.2 Å². The summed E-state index contributed by atoms with van der Waals surface area (Å²) in [5.74, 6) is -0.596. The molecule has 0 saturated carbocycles. The van der Waals surface area contributed by atoms with Crippen LogP contribution in [0, 0.1) is 0 Å². The lowest BCUT2D eigenvalue weighted by atomic mass is 10.2. The third-order valence-electron chi connectivity index (χ3n) is 3.37. The second kappa shape index (κ2) is 8.51. The molecule has 0 aliphatic rings. The summed E-state index contributed by atoms with van der Waals surface area (Å²) >= 11 is 15.5. The Kier molecular flexibility index (Phi) is 6.87. The first kappa shape index (κ1) is 20.2. The molecule has 9 heteroatoms. The highest BCUT2D eigenvalue weighted by Crippen LogP contribution is 2.35. The SMILES string of the molecule is NC(=O)CCN(Cc1ccccc1)S(=O)(=O)c1c(Cl)cc(Br)cc1Cl. The maximum atomic E-state index is 13.1. The Morgan fingerprint density at radius 2 is 1.68 bits per heavy atom. The van der Waals surface area contributed by atoms with Crippen molar-refractivity contribution in [3.63, 3.8) is 0 Å². The standard InChI is InChI=1S/C16H15BrCl2N2O3S/c17-12-8-13(18)16(14(19)9-12)25(23,24)21(7-6-15(20)22)10-11-4-2-1-3-5-11/h1-5,8-9H,6-7,10H2,(H2,20,22). The van der Waals surface area contributed by atoms with Gasteiger partial charge in [-0.3, -0.25) is 4.79 Å². The summed E-state index contributed by atoms with van der Waals surface area (Å²) in [7, 11) is -4.03. The van der Waals surface area contributed by atoms with Gasteiger partial charge in [-0.25, -0.2) is 8.42 Å². The number of benzene rings is 2. The van der Waals surface area contributed by atoms with Gasteiger partial charge in [-0.2, -0.15) is 4.31 Å². The van der Waals surface area contributed by atoms with Gasteiger partial charge in [0.05, 0.1) is 10.0 Å². The number of primary amides is 1. The highest BCUT2D eigenvalue weighted by atomic mass is 79.9. The van der Waals surface area contributed by atoms with Gasteiger partial charge >= 0.3 is 0 Å². The lowest BCUT2D eigenvalue weighted by Crippen LogP contribution is -2.34. The third kappa shape index (κ3) is 5.18. The molecule has 2 aromatic rings. The maximum Gasteiger partial charge on any atom is 0.246 e. The molecule has 0 aliphatic heterocycles. The number of nitrogens with two attached hydrogens (primary N) is 1. The van der Waals surface area contributed by atoms with Crippen LogP contribution < -0.4 is 5.73 Å². The first-order valence-corrected chi connectivity index (χ1v) is 10.2. The molecule has 2 aromatic carbocycles. The molecule has 0 saturated heterocycles. The summed E-state index contributed by atoms with van der Waals surface area (Å²) in [6.45, 7) is -0.00550. The summed E-state index contributed by atoms with van der Waals surface area (Å²) in [6.07, 6.45) is -0.113. The zero-order valence-corrected chi connectivity index (χ0v) is 16.9. The van der Waals surface area contributed by atoms with Gasteiger partial charge in [0.25, 0.3) is 0 Å². The normalized spacial score (nSPS) is 11.7. The van der Waals surface area contributed by atoms with Crippen molar-refractivity contribution >= 4 is 55.1 Å². The molecular formula is C16H15BrCl2N2O3S. The number of hydrogen-bond donors (Lipinski definition) is 1. The predicted molar refractivity (Wildman–Crippen MR) is 102 cm³/mol. The first-order valence-electron chi connectivity index (χ1n) is 7.18. The number of carbonyl (C=O) groups is 1. The molecule has 25 heavy (non-hydrogen) atoms. The van der Waals surface area contributed by atoms with E-state index in [0.717, 1.165) is 9.87 Å². The molecule has 0 bridgehead atoms. The lowest BCUT2D eigenvalue weighted by Gasteiger charge is -2.23. The van der Waals surface area contributed by atoms with Crippen LogP contribution in [0.15, 0.2) is 51.8 Å². The van der Waals surface area contributed by atoms with Crippen molar-refractivity contribution in [1.29, 1.82) is 0 Å². The quantitative estimate of drug-likeness (QED) is 0.674. The molecule has 0 aliphatic carbocycles. The fraction of sp³-hybridized carbons (Fsp3) is 0.188. The van der Waals surface area contributed by atoms with Gasteiger partial charge in [0.1, 0.15) is 4.90 Å². The van der Waals surface area contributed by atoms with E-state index in [0.29, 0.717) is 4.47 Å². The second-order valence-electron chi connectivity index (χ2n) is 5.24. The Morgan fingerprint density at radius 1 is 1.12 bits per heavy atom. The molecule has 5 nitrogen and oxygen atoms in total. The van der Waals surface area contributed by atoms with Crippen LogP contribution in [0.3, 0.4) is 0 Å². The predicted octanol–water partition coefficient (Wildman–Crippen LogP) is 3.82. The fourth-order valence-electron chi connectivity index (χ4n) is 2.21. The van der Waals surface area contributed by atoms with Crippen molar-refractivity contribution in [1.82, 2.24) is 4.31 Å². The molecule has 0 unspecified atom stereocenters. The fourth-order valence-corrected chi connectivity index (χ4v) is 5.52. The van der Waals surface area contributed by atoms with Gasteiger partial charge in [0.2, 0.25) is 15.9 Å². The zero-order valence-electron chi connectivity index (χ0n) is 13.0. The summed E-state index contributed by atoms with van der Waals surface area (Å²) < 4.78 is 27.9. The van der Waals surface area contributed by atoms with E-state index in [1.54, 1.807) is 24.3 Å². The Labute approximate surface area is 164 Å². The molecule has 2 rings (SSSR count). The molecular weight excluding hydrogens is 451 g/mol. The van der Waals surface area contributed by atoms with Crippen molar-refractivity contribution in [3.8, 4) is 0 Å². The van der Waals surface area contributed by atoms with Crippen molar-refractivity contribution < 1.29 is 13.2 Å². The zero-order chi connectivity index (χ0) is 18.6. The molecule has 0 spiro atoms. The topological polar surface area (TPSA) is 80.5 Å². The van der Waals surface area contributed by atoms with Crippen LogP contribution in [0.2, 0.25) is 10.0 Å². The smallest absolute Gasteiger partial charge is 0.246 e. The van der Waals surface area contributed by atoms with Gasteiger partial charge in [-0.1, -0.05) is 69.5 Å². The maximum absolute atomic E-state index is 13.1. The van der Waals surface area contributed by atoms with Crippen LogP contribution in [0.5, 0.6) is 0 Å². The van der Waals surface area contributed by atoms with E-state index in [1.165, 1.54) is 12.1 Å². The van der Waals surface area contributed by atoms with E-state index in [2.05, 4.69) is 15.9 Å². The Hall–Kier alpha value is -1.12. The van der Waals surface area contributed by atoms with Crippen molar-refractivity contribution in [2.75, 3.05) is 6.54 Å². The molecule has 2 N–H and O–H groups in total. The molecule has 0 radical (unpaired) electrons. The largest absolute Gasteiger partial charge is 0.370 e. The minimum Gasteiger partial charge on any atom is -0.370 e. The Morgan fingerprint density at radius 3 is 2.20 bits per heavy atom. The van der Waals surface area contributed by atoms with Gasteiger partial charge < -0.3 is 5.73 Å².